The Morgan fingerprint density at radius 1 is 1.28 bits per heavy atom. The molecule has 4 heteroatoms. The highest BCUT2D eigenvalue weighted by Gasteiger charge is 2.06. The lowest BCUT2D eigenvalue weighted by Gasteiger charge is -2.10. The summed E-state index contributed by atoms with van der Waals surface area (Å²) in [6.45, 7) is 5.97. The molecule has 0 spiro atoms. The number of carbonyl (C=O) groups is 1. The summed E-state index contributed by atoms with van der Waals surface area (Å²) in [5, 5.41) is 0.406. The van der Waals surface area contributed by atoms with Gasteiger partial charge >= 0.3 is 0 Å². The maximum Gasteiger partial charge on any atom is 0.155 e. The number of rotatable bonds is 8. The van der Waals surface area contributed by atoms with E-state index in [1.165, 1.54) is 0 Å². The molecule has 0 aromatic heterocycles. The molecule has 0 N–H and O–H groups in total. The molecule has 100 valence electrons. The zero-order chi connectivity index (χ0) is 13.4. The van der Waals surface area contributed by atoms with Gasteiger partial charge in [0.25, 0.3) is 0 Å². The Morgan fingerprint density at radius 2 is 2.06 bits per heavy atom. The molecule has 0 bridgehead atoms. The van der Waals surface area contributed by atoms with Crippen LogP contribution in [0.1, 0.15) is 30.6 Å². The molecule has 0 atom stereocenters. The van der Waals surface area contributed by atoms with Crippen LogP contribution >= 0.6 is 11.6 Å². The van der Waals surface area contributed by atoms with Crippen molar-refractivity contribution in [1.29, 1.82) is 0 Å². The molecule has 0 unspecified atom stereocenters. The highest BCUT2D eigenvalue weighted by molar-refractivity contribution is 6.33. The van der Waals surface area contributed by atoms with Crippen molar-refractivity contribution >= 4 is 17.9 Å². The lowest BCUT2D eigenvalue weighted by Crippen LogP contribution is -2.09. The molecule has 1 aromatic rings. The van der Waals surface area contributed by atoms with Gasteiger partial charge in [0.05, 0.1) is 17.2 Å². The van der Waals surface area contributed by atoms with Crippen LogP contribution in [0.15, 0.2) is 18.2 Å². The minimum atomic E-state index is 0.390. The molecule has 1 aromatic carbocycles. The molecular weight excluding hydrogens is 252 g/mol. The Kier molecular flexibility index (Phi) is 6.76. The summed E-state index contributed by atoms with van der Waals surface area (Å²) in [5.41, 5.74) is 0.390. The predicted octanol–water partition coefficient (Wildman–Crippen LogP) is 3.59. The third-order valence-corrected chi connectivity index (χ3v) is 2.79. The van der Waals surface area contributed by atoms with Crippen molar-refractivity contribution in [3.05, 3.63) is 28.8 Å². The Balaban J connectivity index is 2.31. The first-order chi connectivity index (χ1) is 8.65. The highest BCUT2D eigenvalue weighted by atomic mass is 35.5. The fourth-order valence-electron chi connectivity index (χ4n) is 1.39. The van der Waals surface area contributed by atoms with Crippen molar-refractivity contribution in [2.24, 2.45) is 5.92 Å². The van der Waals surface area contributed by atoms with E-state index < -0.39 is 0 Å². The second kappa shape index (κ2) is 8.11. The van der Waals surface area contributed by atoms with Gasteiger partial charge in [0.2, 0.25) is 0 Å². The molecule has 0 aliphatic heterocycles. The number of hydrogen-bond donors (Lipinski definition) is 0. The van der Waals surface area contributed by atoms with E-state index in [-0.39, 0.29) is 0 Å². The molecule has 0 amide bonds. The van der Waals surface area contributed by atoms with Crippen molar-refractivity contribution in [2.75, 3.05) is 19.8 Å². The maximum atomic E-state index is 10.9. The minimum Gasteiger partial charge on any atom is -0.490 e. The topological polar surface area (TPSA) is 35.5 Å². The fourth-order valence-corrected chi connectivity index (χ4v) is 1.60. The molecular formula is C14H19ClO3. The number of ether oxygens (including phenoxy) is 2. The van der Waals surface area contributed by atoms with Crippen LogP contribution in [0.3, 0.4) is 0 Å². The number of halogens is 1. The van der Waals surface area contributed by atoms with E-state index >= 15 is 0 Å². The van der Waals surface area contributed by atoms with Gasteiger partial charge in [0.1, 0.15) is 12.4 Å². The van der Waals surface area contributed by atoms with Crippen LogP contribution in [0.4, 0.5) is 0 Å². The average molecular weight is 271 g/mol. The summed E-state index contributed by atoms with van der Waals surface area (Å²) in [6.07, 6.45) is 1.74. The zero-order valence-corrected chi connectivity index (χ0v) is 11.6. The van der Waals surface area contributed by atoms with Gasteiger partial charge in [0.15, 0.2) is 6.29 Å². The lowest BCUT2D eigenvalue weighted by atomic mass is 10.1. The molecule has 0 aliphatic carbocycles. The third kappa shape index (κ3) is 5.07. The number of carbonyl (C=O) groups excluding carboxylic acids is 1. The van der Waals surface area contributed by atoms with Crippen LogP contribution in [-0.4, -0.2) is 26.1 Å². The van der Waals surface area contributed by atoms with E-state index in [0.717, 1.165) is 13.0 Å². The van der Waals surface area contributed by atoms with Gasteiger partial charge in [-0.1, -0.05) is 31.5 Å². The largest absolute Gasteiger partial charge is 0.490 e. The van der Waals surface area contributed by atoms with Crippen LogP contribution in [0.25, 0.3) is 0 Å². The van der Waals surface area contributed by atoms with Crippen molar-refractivity contribution in [2.45, 2.75) is 20.3 Å². The maximum absolute atomic E-state index is 10.9. The Hall–Kier alpha value is -1.06. The van der Waals surface area contributed by atoms with Crippen LogP contribution in [-0.2, 0) is 4.74 Å². The Labute approximate surface area is 113 Å². The van der Waals surface area contributed by atoms with E-state index in [2.05, 4.69) is 13.8 Å². The lowest BCUT2D eigenvalue weighted by molar-refractivity contribution is 0.0917. The number of aldehydes is 1. The van der Waals surface area contributed by atoms with E-state index in [4.69, 9.17) is 21.1 Å². The second-order valence-electron chi connectivity index (χ2n) is 4.41. The summed E-state index contributed by atoms with van der Waals surface area (Å²) in [7, 11) is 0. The van der Waals surface area contributed by atoms with Gasteiger partial charge in [-0.25, -0.2) is 0 Å². The smallest absolute Gasteiger partial charge is 0.155 e. The monoisotopic (exact) mass is 270 g/mol. The van der Waals surface area contributed by atoms with Gasteiger partial charge in [-0.2, -0.15) is 0 Å². The highest BCUT2D eigenvalue weighted by Crippen LogP contribution is 2.24. The van der Waals surface area contributed by atoms with Gasteiger partial charge in [-0.15, -0.1) is 0 Å². The van der Waals surface area contributed by atoms with Crippen molar-refractivity contribution < 1.29 is 14.3 Å². The molecule has 3 nitrogen and oxygen atoms in total. The second-order valence-corrected chi connectivity index (χ2v) is 4.82. The molecule has 18 heavy (non-hydrogen) atoms. The summed E-state index contributed by atoms with van der Waals surface area (Å²) in [5.74, 6) is 1.14. The predicted molar refractivity (Wildman–Crippen MR) is 72.6 cm³/mol. The fraction of sp³-hybridized carbons (Fsp3) is 0.500. The molecule has 0 saturated heterocycles. The summed E-state index contributed by atoms with van der Waals surface area (Å²) < 4.78 is 10.9. The minimum absolute atomic E-state index is 0.390. The van der Waals surface area contributed by atoms with Gasteiger partial charge in [0, 0.05) is 6.61 Å². The van der Waals surface area contributed by atoms with E-state index in [0.29, 0.717) is 41.8 Å². The van der Waals surface area contributed by atoms with E-state index in [1.54, 1.807) is 18.2 Å². The first-order valence-corrected chi connectivity index (χ1v) is 6.47. The van der Waals surface area contributed by atoms with Crippen LogP contribution < -0.4 is 4.74 Å². The summed E-state index contributed by atoms with van der Waals surface area (Å²) in [4.78, 5) is 10.9. The summed E-state index contributed by atoms with van der Waals surface area (Å²) >= 11 is 5.88. The molecule has 0 radical (unpaired) electrons. The average Bonchev–Trinajstić information content (AvgIpc) is 2.33. The Morgan fingerprint density at radius 3 is 2.72 bits per heavy atom. The Bertz CT molecular complexity index is 377. The number of hydrogen-bond acceptors (Lipinski definition) is 3. The standard InChI is InChI=1S/C14H19ClO3/c1-11(2)6-7-17-8-9-18-14-5-3-4-13(15)12(14)10-16/h3-5,10-11H,6-9H2,1-2H3. The first kappa shape index (κ1) is 15.0. The first-order valence-electron chi connectivity index (χ1n) is 6.09. The quantitative estimate of drug-likeness (QED) is 0.535. The van der Waals surface area contributed by atoms with E-state index in [1.807, 2.05) is 0 Å². The van der Waals surface area contributed by atoms with Crippen LogP contribution in [0, 0.1) is 5.92 Å². The van der Waals surface area contributed by atoms with Crippen molar-refractivity contribution in [3.8, 4) is 5.75 Å². The molecule has 1 rings (SSSR count). The van der Waals surface area contributed by atoms with Gasteiger partial charge in [-0.05, 0) is 24.5 Å². The van der Waals surface area contributed by atoms with E-state index in [9.17, 15) is 4.79 Å². The molecule has 0 aliphatic rings. The number of benzene rings is 1. The molecule has 0 heterocycles. The van der Waals surface area contributed by atoms with Crippen LogP contribution in [0.2, 0.25) is 5.02 Å². The van der Waals surface area contributed by atoms with Crippen molar-refractivity contribution in [3.63, 3.8) is 0 Å². The third-order valence-electron chi connectivity index (χ3n) is 2.46. The van der Waals surface area contributed by atoms with Gasteiger partial charge < -0.3 is 9.47 Å². The van der Waals surface area contributed by atoms with Gasteiger partial charge in [-0.3, -0.25) is 4.79 Å². The normalized spacial score (nSPS) is 10.7. The molecule has 0 fully saturated rings. The zero-order valence-electron chi connectivity index (χ0n) is 10.8. The summed E-state index contributed by atoms with van der Waals surface area (Å²) in [6, 6.07) is 5.14. The van der Waals surface area contributed by atoms with Crippen molar-refractivity contribution in [1.82, 2.24) is 0 Å². The van der Waals surface area contributed by atoms with Crippen LogP contribution in [0.5, 0.6) is 5.75 Å². The SMILES string of the molecule is CC(C)CCOCCOc1cccc(Cl)c1C=O. The molecule has 0 saturated carbocycles.